The number of rotatable bonds is 2. The quantitative estimate of drug-likeness (QED) is 0.856. The van der Waals surface area contributed by atoms with Gasteiger partial charge < -0.3 is 4.90 Å². The first-order chi connectivity index (χ1) is 10.7. The molecule has 5 heteroatoms. The topological polar surface area (TPSA) is 32.3 Å². The van der Waals surface area contributed by atoms with Crippen molar-refractivity contribution in [2.45, 2.75) is 25.2 Å². The number of anilines is 1. The molecule has 3 rings (SSSR count). The van der Waals surface area contributed by atoms with Gasteiger partial charge in [-0.2, -0.15) is 0 Å². The average Bonchev–Trinajstić information content (AvgIpc) is 2.90. The van der Waals surface area contributed by atoms with Crippen LogP contribution in [0, 0.1) is 5.82 Å². The number of urea groups is 1. The van der Waals surface area contributed by atoms with Crippen LogP contribution in [0.25, 0.3) is 0 Å². The molecule has 3 nitrogen and oxygen atoms in total. The Hall–Kier alpha value is -1.88. The monoisotopic (exact) mass is 318 g/mol. The molecule has 1 aliphatic rings. The summed E-state index contributed by atoms with van der Waals surface area (Å²) in [6.07, 6.45) is 3.13. The SMILES string of the molecule is O=C(Nc1cccs1)N1CCCC[C@H](c2ccc(F)cc2)C1. The Morgan fingerprint density at radius 3 is 2.77 bits per heavy atom. The van der Waals surface area contributed by atoms with Gasteiger partial charge in [0.2, 0.25) is 0 Å². The summed E-state index contributed by atoms with van der Waals surface area (Å²) < 4.78 is 13.1. The number of halogens is 1. The van der Waals surface area contributed by atoms with Crippen molar-refractivity contribution in [3.8, 4) is 0 Å². The number of thiophene rings is 1. The van der Waals surface area contributed by atoms with E-state index < -0.39 is 0 Å². The summed E-state index contributed by atoms with van der Waals surface area (Å²) in [7, 11) is 0. The van der Waals surface area contributed by atoms with Crippen LogP contribution in [0.4, 0.5) is 14.2 Å². The van der Waals surface area contributed by atoms with E-state index >= 15 is 0 Å². The van der Waals surface area contributed by atoms with Gasteiger partial charge in [-0.25, -0.2) is 9.18 Å². The van der Waals surface area contributed by atoms with Gasteiger partial charge in [-0.05, 0) is 48.1 Å². The van der Waals surface area contributed by atoms with Crippen molar-refractivity contribution in [2.75, 3.05) is 18.4 Å². The van der Waals surface area contributed by atoms with E-state index in [2.05, 4.69) is 5.32 Å². The third-order valence-electron chi connectivity index (χ3n) is 4.05. The van der Waals surface area contributed by atoms with Gasteiger partial charge in [-0.15, -0.1) is 11.3 Å². The molecule has 1 aromatic heterocycles. The highest BCUT2D eigenvalue weighted by molar-refractivity contribution is 7.14. The summed E-state index contributed by atoms with van der Waals surface area (Å²) in [4.78, 5) is 14.3. The minimum Gasteiger partial charge on any atom is -0.324 e. The highest BCUT2D eigenvalue weighted by atomic mass is 32.1. The van der Waals surface area contributed by atoms with Gasteiger partial charge in [0.25, 0.3) is 0 Å². The summed E-state index contributed by atoms with van der Waals surface area (Å²) >= 11 is 1.52. The molecular formula is C17H19FN2OS. The van der Waals surface area contributed by atoms with E-state index in [9.17, 15) is 9.18 Å². The van der Waals surface area contributed by atoms with Gasteiger partial charge in [0, 0.05) is 19.0 Å². The number of nitrogens with one attached hydrogen (secondary N) is 1. The lowest BCUT2D eigenvalue weighted by molar-refractivity contribution is 0.211. The Balaban J connectivity index is 1.69. The molecule has 2 amide bonds. The molecule has 22 heavy (non-hydrogen) atoms. The number of likely N-dealkylation sites (tertiary alicyclic amines) is 1. The van der Waals surface area contributed by atoms with Gasteiger partial charge in [0.1, 0.15) is 5.82 Å². The van der Waals surface area contributed by atoms with Crippen LogP contribution < -0.4 is 5.32 Å². The van der Waals surface area contributed by atoms with Crippen LogP contribution in [-0.2, 0) is 0 Å². The molecule has 1 atom stereocenters. The van der Waals surface area contributed by atoms with Crippen LogP contribution >= 0.6 is 11.3 Å². The molecule has 2 heterocycles. The maximum atomic E-state index is 13.1. The number of hydrogen-bond acceptors (Lipinski definition) is 2. The Bertz CT molecular complexity index is 612. The number of carbonyl (C=O) groups is 1. The maximum absolute atomic E-state index is 13.1. The third-order valence-corrected chi connectivity index (χ3v) is 4.84. The van der Waals surface area contributed by atoms with Crippen molar-refractivity contribution in [3.05, 3.63) is 53.2 Å². The van der Waals surface area contributed by atoms with Crippen molar-refractivity contribution in [3.63, 3.8) is 0 Å². The fraction of sp³-hybridized carbons (Fsp3) is 0.353. The first kappa shape index (κ1) is 15.0. The third kappa shape index (κ3) is 3.65. The molecule has 1 fully saturated rings. The number of nitrogens with zero attached hydrogens (tertiary/aromatic N) is 1. The first-order valence-corrected chi connectivity index (χ1v) is 8.45. The van der Waals surface area contributed by atoms with Crippen LogP contribution in [0.1, 0.15) is 30.7 Å². The molecule has 0 radical (unpaired) electrons. The van der Waals surface area contributed by atoms with E-state index in [0.717, 1.165) is 36.4 Å². The maximum Gasteiger partial charge on any atom is 0.322 e. The van der Waals surface area contributed by atoms with Crippen LogP contribution in [0.5, 0.6) is 0 Å². The Morgan fingerprint density at radius 1 is 1.23 bits per heavy atom. The van der Waals surface area contributed by atoms with Crippen molar-refractivity contribution in [2.24, 2.45) is 0 Å². The Labute approximate surface area is 133 Å². The van der Waals surface area contributed by atoms with Crippen molar-refractivity contribution in [1.82, 2.24) is 4.90 Å². The van der Waals surface area contributed by atoms with Crippen LogP contribution in [0.15, 0.2) is 41.8 Å². The smallest absolute Gasteiger partial charge is 0.322 e. The van der Waals surface area contributed by atoms with Gasteiger partial charge >= 0.3 is 6.03 Å². The molecule has 0 spiro atoms. The van der Waals surface area contributed by atoms with Gasteiger partial charge in [-0.1, -0.05) is 18.6 Å². The molecular weight excluding hydrogens is 299 g/mol. The van der Waals surface area contributed by atoms with Crippen LogP contribution in [0.3, 0.4) is 0 Å². The van der Waals surface area contributed by atoms with Crippen LogP contribution in [0.2, 0.25) is 0 Å². The van der Waals surface area contributed by atoms with Crippen molar-refractivity contribution < 1.29 is 9.18 Å². The van der Waals surface area contributed by atoms with Crippen molar-refractivity contribution >= 4 is 22.4 Å². The zero-order valence-corrected chi connectivity index (χ0v) is 13.1. The van der Waals surface area contributed by atoms with E-state index in [1.165, 1.54) is 23.5 Å². The largest absolute Gasteiger partial charge is 0.324 e. The van der Waals surface area contributed by atoms with Gasteiger partial charge in [0.15, 0.2) is 0 Å². The molecule has 0 aliphatic carbocycles. The predicted octanol–water partition coefficient (Wildman–Crippen LogP) is 4.69. The minimum atomic E-state index is -0.218. The molecule has 0 saturated carbocycles. The molecule has 0 unspecified atom stereocenters. The Kier molecular flexibility index (Phi) is 4.73. The standard InChI is InChI=1S/C17H19FN2OS/c18-15-8-6-13(7-9-15)14-4-1-2-10-20(12-14)17(21)19-16-5-3-11-22-16/h3,5-9,11,14H,1-2,4,10,12H2,(H,19,21)/t14-/m0/s1. The molecule has 1 aromatic carbocycles. The van der Waals surface area contributed by atoms with Gasteiger partial charge in [0.05, 0.1) is 5.00 Å². The number of hydrogen-bond donors (Lipinski definition) is 1. The summed E-state index contributed by atoms with van der Waals surface area (Å²) in [5, 5.41) is 5.76. The summed E-state index contributed by atoms with van der Waals surface area (Å²) in [5.74, 6) is 0.0573. The second-order valence-corrected chi connectivity index (χ2v) is 6.55. The summed E-state index contributed by atoms with van der Waals surface area (Å²) in [6.45, 7) is 1.46. The van der Waals surface area contributed by atoms with E-state index in [0.29, 0.717) is 6.54 Å². The fourth-order valence-corrected chi connectivity index (χ4v) is 3.47. The van der Waals surface area contributed by atoms with E-state index in [4.69, 9.17) is 0 Å². The summed E-state index contributed by atoms with van der Waals surface area (Å²) in [6, 6.07) is 10.4. The number of carbonyl (C=O) groups excluding carboxylic acids is 1. The minimum absolute atomic E-state index is 0.0449. The highest BCUT2D eigenvalue weighted by Gasteiger charge is 2.23. The molecule has 0 bridgehead atoms. The molecule has 1 saturated heterocycles. The summed E-state index contributed by atoms with van der Waals surface area (Å²) in [5.41, 5.74) is 1.11. The fourth-order valence-electron chi connectivity index (χ4n) is 2.87. The predicted molar refractivity (Wildman–Crippen MR) is 87.9 cm³/mol. The van der Waals surface area contributed by atoms with Crippen molar-refractivity contribution in [1.29, 1.82) is 0 Å². The molecule has 1 aliphatic heterocycles. The Morgan fingerprint density at radius 2 is 2.05 bits per heavy atom. The van der Waals surface area contributed by atoms with Gasteiger partial charge in [-0.3, -0.25) is 5.32 Å². The molecule has 116 valence electrons. The second kappa shape index (κ2) is 6.92. The molecule has 2 aromatic rings. The highest BCUT2D eigenvalue weighted by Crippen LogP contribution is 2.27. The average molecular weight is 318 g/mol. The number of benzene rings is 1. The second-order valence-electron chi connectivity index (χ2n) is 5.60. The zero-order valence-electron chi connectivity index (χ0n) is 12.3. The lowest BCUT2D eigenvalue weighted by Crippen LogP contribution is -2.37. The lowest BCUT2D eigenvalue weighted by Gasteiger charge is -2.24. The van der Waals surface area contributed by atoms with E-state index in [-0.39, 0.29) is 17.8 Å². The first-order valence-electron chi connectivity index (χ1n) is 7.57. The lowest BCUT2D eigenvalue weighted by atomic mass is 9.94. The normalized spacial score (nSPS) is 18.8. The van der Waals surface area contributed by atoms with E-state index in [1.807, 2.05) is 34.5 Å². The number of amides is 2. The molecule has 1 N–H and O–H groups in total. The zero-order chi connectivity index (χ0) is 15.4. The van der Waals surface area contributed by atoms with Crippen LogP contribution in [-0.4, -0.2) is 24.0 Å². The van der Waals surface area contributed by atoms with E-state index in [1.54, 1.807) is 0 Å².